The number of esters is 6. The lowest BCUT2D eigenvalue weighted by Gasteiger charge is -2.19. The average Bonchev–Trinajstić information content (AvgIpc) is 1.68. The molecule has 0 spiro atoms. The van der Waals surface area contributed by atoms with Gasteiger partial charge in [0.05, 0.1) is 98.2 Å². The van der Waals surface area contributed by atoms with Gasteiger partial charge < -0.3 is 66.7 Å². The average molecular weight is 1900 g/mol. The van der Waals surface area contributed by atoms with Crippen LogP contribution in [-0.4, -0.2) is 139 Å². The zero-order valence-electron chi connectivity index (χ0n) is 74.8. The van der Waals surface area contributed by atoms with Gasteiger partial charge in [-0.3, -0.25) is 9.59 Å². The standard InChI is InChI=1S/C18H16O3.C17H18O2.C15H13F3O3.C15H16O4.C14H13BrO3.C14H13FO3.C14H14O4/c1-20-17-11-16(21-18(19)12-17)9-7-13-6-8-14-4-2-3-5-15(14)10-13;18-16-9-13(10-17(19)11-16)5-4-12-6-7-14-2-1-3-15(14)8-12;1-20-13-8-12(21-14(19)9-13)7-4-10-2-5-11(6-3-10)15(16,17)18;1-17-12-6-3-11(4-7-12)5-8-13-9-14(18-2)10-15(16)19-13;3*1-17-13-8-12(18-14(16)9-13)7-4-10-2-5-11(15)6-3-10/h2-10,12,16H,11H2,1H3;4-8,13H,1-3,9-11H2;2-7,9,12H,8H2,1H3;3-8,10,13H,9H2,1-2H3;2*2-7,9,12H,8H2,1H3;2-7,9,12,15H,8H2,1H3/b9-7+;5-4+;7-4+;8-5+;3*7-4+. The summed E-state index contributed by atoms with van der Waals surface area (Å²) >= 11 is 3.38. The van der Waals surface area contributed by atoms with Crippen molar-refractivity contribution in [3.8, 4) is 11.5 Å². The molecular formula is C107H103BrF4O22. The summed E-state index contributed by atoms with van der Waals surface area (Å²) in [6, 6.07) is 54.2. The van der Waals surface area contributed by atoms with Crippen LogP contribution in [0.5, 0.6) is 11.5 Å². The number of rotatable bonds is 21. The largest absolute Gasteiger partial charge is 0.508 e. The molecule has 698 valence electrons. The van der Waals surface area contributed by atoms with Crippen LogP contribution in [0.3, 0.4) is 0 Å². The molecular weight excluding hydrogens is 1790 g/mol. The minimum absolute atomic E-state index is 0.0832. The van der Waals surface area contributed by atoms with Gasteiger partial charge in [0.2, 0.25) is 0 Å². The highest BCUT2D eigenvalue weighted by molar-refractivity contribution is 9.10. The van der Waals surface area contributed by atoms with Crippen LogP contribution in [-0.2, 0) is 114 Å². The molecule has 2 aliphatic carbocycles. The van der Waals surface area contributed by atoms with E-state index in [-0.39, 0.29) is 83.9 Å². The van der Waals surface area contributed by atoms with Gasteiger partial charge in [-0.1, -0.05) is 180 Å². The fourth-order valence-electron chi connectivity index (χ4n) is 14.1. The summed E-state index contributed by atoms with van der Waals surface area (Å²) in [6.07, 6.45) is 35.7. The molecule has 0 bridgehead atoms. The maximum Gasteiger partial charge on any atom is 0.416 e. The molecule has 0 aromatic heterocycles. The fraction of sp³-hybridized carbons (Fsp3) is 0.252. The summed E-state index contributed by atoms with van der Waals surface area (Å²) < 4.78 is 117. The number of alkyl halides is 3. The van der Waals surface area contributed by atoms with E-state index >= 15 is 0 Å². The molecule has 6 aliphatic heterocycles. The Hall–Kier alpha value is -14.6. The summed E-state index contributed by atoms with van der Waals surface area (Å²) in [4.78, 5) is 90.6. The van der Waals surface area contributed by atoms with Crippen molar-refractivity contribution in [2.75, 3.05) is 49.8 Å². The molecule has 22 nitrogen and oxygen atoms in total. The molecule has 1 N–H and O–H groups in total. The molecule has 8 aromatic rings. The van der Waals surface area contributed by atoms with Crippen molar-refractivity contribution < 1.29 is 123 Å². The first-order valence-electron chi connectivity index (χ1n) is 42.8. The predicted octanol–water partition coefficient (Wildman–Crippen LogP) is 21.2. The van der Waals surface area contributed by atoms with Crippen LogP contribution in [0.25, 0.3) is 53.3 Å². The number of aromatic hydroxyl groups is 1. The number of cyclic esters (lactones) is 6. The van der Waals surface area contributed by atoms with Crippen LogP contribution in [0.1, 0.15) is 120 Å². The number of aryl methyl sites for hydroxylation is 2. The van der Waals surface area contributed by atoms with E-state index in [1.54, 1.807) is 95.2 Å². The molecule has 1 fully saturated rings. The molecule has 6 heterocycles. The van der Waals surface area contributed by atoms with E-state index in [4.69, 9.17) is 66.7 Å². The molecule has 0 radical (unpaired) electrons. The SMILES string of the molecule is COC1=CC(=O)OC(/C=C/c2ccc(Br)cc2)C1.COC1=CC(=O)OC(/C=C/c2ccc(C(F)(F)F)cc2)C1.COC1=CC(=O)OC(/C=C/c2ccc(F)cc2)C1.COC1=CC(=O)OC(/C=C/c2ccc(O)cc2)C1.COC1=CC(=O)OC(/C=C/c2ccc(OC)cc2)C1.COC1=CC(=O)OC(/C=C/c2ccc3ccccc3c2)C1.O=C1CC(=O)CC(/C=C/c2ccc3c(c2)CCC3)C1. The van der Waals surface area contributed by atoms with Crippen molar-refractivity contribution in [1.82, 2.24) is 0 Å². The molecule has 16 rings (SSSR count). The Morgan fingerprint density at radius 2 is 0.642 bits per heavy atom. The molecule has 8 aromatic carbocycles. The number of carbonyl (C=O) groups is 8. The molecule has 6 atom stereocenters. The van der Waals surface area contributed by atoms with Crippen molar-refractivity contribution in [3.05, 3.63) is 361 Å². The summed E-state index contributed by atoms with van der Waals surface area (Å²) in [5.41, 5.74) is 8.94. The van der Waals surface area contributed by atoms with Crippen molar-refractivity contribution in [1.29, 1.82) is 0 Å². The summed E-state index contributed by atoms with van der Waals surface area (Å²) in [5, 5.41) is 11.6. The second kappa shape index (κ2) is 51.9. The maximum atomic E-state index is 12.7. The Labute approximate surface area is 783 Å². The molecule has 8 aliphatic rings. The highest BCUT2D eigenvalue weighted by Crippen LogP contribution is 2.32. The van der Waals surface area contributed by atoms with Crippen molar-refractivity contribution in [2.24, 2.45) is 5.92 Å². The monoisotopic (exact) mass is 1890 g/mol. The molecule has 0 amide bonds. The number of fused-ring (bicyclic) bond motifs is 2. The smallest absolute Gasteiger partial charge is 0.416 e. The van der Waals surface area contributed by atoms with Gasteiger partial charge in [-0.05, 0) is 189 Å². The number of phenols is 1. The highest BCUT2D eigenvalue weighted by Gasteiger charge is 2.31. The summed E-state index contributed by atoms with van der Waals surface area (Å²) in [7, 11) is 10.8. The van der Waals surface area contributed by atoms with E-state index < -0.39 is 35.8 Å². The molecule has 1 saturated carbocycles. The number of phenolic OH excluding ortho intramolecular Hbond substituents is 1. The first-order valence-corrected chi connectivity index (χ1v) is 43.6. The Morgan fingerprint density at radius 1 is 0.336 bits per heavy atom. The lowest BCUT2D eigenvalue weighted by molar-refractivity contribution is -0.143. The zero-order valence-corrected chi connectivity index (χ0v) is 76.4. The maximum absolute atomic E-state index is 12.7. The zero-order chi connectivity index (χ0) is 95.9. The minimum Gasteiger partial charge on any atom is -0.508 e. The van der Waals surface area contributed by atoms with Gasteiger partial charge in [-0.15, -0.1) is 0 Å². The minimum atomic E-state index is -4.35. The third-order valence-corrected chi connectivity index (χ3v) is 21.6. The molecule has 0 saturated heterocycles. The van der Waals surface area contributed by atoms with Crippen LogP contribution in [0, 0.1) is 11.7 Å². The van der Waals surface area contributed by atoms with E-state index in [0.717, 1.165) is 50.2 Å². The number of carbonyl (C=O) groups excluding carboxylic acids is 8. The van der Waals surface area contributed by atoms with Gasteiger partial charge in [0.1, 0.15) is 100 Å². The van der Waals surface area contributed by atoms with Gasteiger partial charge in [0, 0.05) is 55.8 Å². The first kappa shape index (κ1) is 102. The van der Waals surface area contributed by atoms with Crippen LogP contribution in [0.15, 0.2) is 300 Å². The summed E-state index contributed by atoms with van der Waals surface area (Å²) in [5.74, 6) is 2.30. The number of Topliss-reactive ketones (excluding diaryl/α,β-unsaturated/α-hetero) is 2. The molecule has 6 unspecified atom stereocenters. The van der Waals surface area contributed by atoms with Crippen LogP contribution in [0.2, 0.25) is 0 Å². The van der Waals surface area contributed by atoms with Crippen LogP contribution >= 0.6 is 15.9 Å². The fourth-order valence-corrected chi connectivity index (χ4v) is 14.4. The Kier molecular flexibility index (Phi) is 39.3. The number of halogens is 5. The van der Waals surface area contributed by atoms with E-state index in [9.17, 15) is 55.9 Å². The topological polar surface area (TPSA) is 277 Å². The number of benzene rings is 8. The molecule has 134 heavy (non-hydrogen) atoms. The highest BCUT2D eigenvalue weighted by atomic mass is 79.9. The second-order valence-electron chi connectivity index (χ2n) is 31.0. The normalized spacial score (nSPS) is 19.4. The first-order chi connectivity index (χ1) is 64.5. The van der Waals surface area contributed by atoms with E-state index in [2.05, 4.69) is 70.5 Å². The number of ether oxygens (including phenoxy) is 13. The quantitative estimate of drug-likeness (QED) is 0.0303. The van der Waals surface area contributed by atoms with Gasteiger partial charge >= 0.3 is 42.0 Å². The third kappa shape index (κ3) is 34.9. The van der Waals surface area contributed by atoms with Gasteiger partial charge in [0.15, 0.2) is 0 Å². The lowest BCUT2D eigenvalue weighted by atomic mass is 9.87. The van der Waals surface area contributed by atoms with Gasteiger partial charge in [-0.2, -0.15) is 13.2 Å². The number of methoxy groups -OCH3 is 7. The number of hydrogen-bond acceptors (Lipinski definition) is 22. The van der Waals surface area contributed by atoms with Gasteiger partial charge in [-0.25, -0.2) is 33.2 Å². The number of hydrogen-bond donors (Lipinski definition) is 1. The van der Waals surface area contributed by atoms with Crippen molar-refractivity contribution >= 4 is 117 Å². The lowest BCUT2D eigenvalue weighted by Crippen LogP contribution is -2.21. The van der Waals surface area contributed by atoms with E-state index in [0.29, 0.717) is 91.5 Å². The molecule has 27 heteroatoms. The van der Waals surface area contributed by atoms with Crippen molar-refractivity contribution in [3.63, 3.8) is 0 Å². The van der Waals surface area contributed by atoms with Gasteiger partial charge in [0.25, 0.3) is 0 Å². The van der Waals surface area contributed by atoms with Crippen LogP contribution < -0.4 is 4.74 Å². The van der Waals surface area contributed by atoms with E-state index in [1.165, 1.54) is 129 Å². The van der Waals surface area contributed by atoms with E-state index in [1.807, 2.05) is 109 Å². The number of ketones is 2. The predicted molar refractivity (Wildman–Crippen MR) is 504 cm³/mol. The Balaban J connectivity index is 0.000000162. The third-order valence-electron chi connectivity index (χ3n) is 21.1. The second-order valence-corrected chi connectivity index (χ2v) is 31.9. The summed E-state index contributed by atoms with van der Waals surface area (Å²) in [6.45, 7) is 0. The Bertz CT molecular complexity index is 5580. The number of allylic oxidation sites excluding steroid dienone is 1. The Morgan fingerprint density at radius 3 is 1.01 bits per heavy atom. The van der Waals surface area contributed by atoms with Crippen molar-refractivity contribution in [2.45, 2.75) is 120 Å². The van der Waals surface area contributed by atoms with Crippen LogP contribution in [0.4, 0.5) is 17.6 Å².